The number of aromatic nitrogens is 2. The van der Waals surface area contributed by atoms with Crippen molar-refractivity contribution in [3.8, 4) is 28.6 Å². The third-order valence-corrected chi connectivity index (χ3v) is 3.76. The van der Waals surface area contributed by atoms with Crippen molar-refractivity contribution in [2.24, 2.45) is 0 Å². The lowest BCUT2D eigenvalue weighted by Gasteiger charge is -2.11. The van der Waals surface area contributed by atoms with Gasteiger partial charge in [0.15, 0.2) is 0 Å². The molecule has 0 radical (unpaired) electrons. The SMILES string of the molecule is Cc1ccc(-c2cc(-c3ccccn3)c(C#N)c(N)n2)c(C)c1. The first-order chi connectivity index (χ1) is 11.1. The van der Waals surface area contributed by atoms with Gasteiger partial charge in [-0.1, -0.05) is 29.8 Å². The summed E-state index contributed by atoms with van der Waals surface area (Å²) in [6, 6.07) is 15.8. The maximum Gasteiger partial charge on any atom is 0.142 e. The highest BCUT2D eigenvalue weighted by Crippen LogP contribution is 2.31. The summed E-state index contributed by atoms with van der Waals surface area (Å²) in [7, 11) is 0. The second-order valence-corrected chi connectivity index (χ2v) is 5.46. The zero-order valence-electron chi connectivity index (χ0n) is 13.0. The molecule has 0 bridgehead atoms. The van der Waals surface area contributed by atoms with Crippen molar-refractivity contribution < 1.29 is 0 Å². The smallest absolute Gasteiger partial charge is 0.142 e. The number of nitrogens with two attached hydrogens (primary N) is 1. The normalized spacial score (nSPS) is 10.3. The summed E-state index contributed by atoms with van der Waals surface area (Å²) in [6.07, 6.45) is 1.70. The lowest BCUT2D eigenvalue weighted by Crippen LogP contribution is -2.01. The molecule has 3 aromatic rings. The van der Waals surface area contributed by atoms with Crippen molar-refractivity contribution in [2.75, 3.05) is 5.73 Å². The van der Waals surface area contributed by atoms with Gasteiger partial charge in [-0.2, -0.15) is 5.26 Å². The number of anilines is 1. The maximum absolute atomic E-state index is 9.42. The van der Waals surface area contributed by atoms with Gasteiger partial charge in [0.25, 0.3) is 0 Å². The molecule has 4 heteroatoms. The monoisotopic (exact) mass is 300 g/mol. The number of aryl methyl sites for hydroxylation is 2. The van der Waals surface area contributed by atoms with Crippen LogP contribution in [0, 0.1) is 25.2 Å². The summed E-state index contributed by atoms with van der Waals surface area (Å²) in [4.78, 5) is 8.75. The summed E-state index contributed by atoms with van der Waals surface area (Å²) in [5.74, 6) is 0.227. The van der Waals surface area contributed by atoms with Gasteiger partial charge in [-0.25, -0.2) is 4.98 Å². The second kappa shape index (κ2) is 5.90. The number of hydrogen-bond acceptors (Lipinski definition) is 4. The molecule has 3 rings (SSSR count). The quantitative estimate of drug-likeness (QED) is 0.779. The number of nitriles is 1. The van der Waals surface area contributed by atoms with E-state index in [1.807, 2.05) is 43.3 Å². The number of benzene rings is 1. The molecule has 0 amide bonds. The van der Waals surface area contributed by atoms with E-state index in [0.29, 0.717) is 16.8 Å². The standard InChI is InChI=1S/C19H16N4/c1-12-6-7-14(13(2)9-12)18-10-15(16(11-20)19(21)23-18)17-5-3-4-8-22-17/h3-10H,1-2H3,(H2,21,23). The van der Waals surface area contributed by atoms with E-state index in [0.717, 1.165) is 16.8 Å². The van der Waals surface area contributed by atoms with Crippen molar-refractivity contribution >= 4 is 5.82 Å². The second-order valence-electron chi connectivity index (χ2n) is 5.46. The largest absolute Gasteiger partial charge is 0.383 e. The number of hydrogen-bond donors (Lipinski definition) is 1. The molecule has 0 atom stereocenters. The van der Waals surface area contributed by atoms with Crippen LogP contribution in [-0.4, -0.2) is 9.97 Å². The molecule has 2 N–H and O–H groups in total. The van der Waals surface area contributed by atoms with Crippen molar-refractivity contribution in [3.63, 3.8) is 0 Å². The molecule has 2 aromatic heterocycles. The molecule has 0 aliphatic carbocycles. The Labute approximate surface area is 135 Å². The predicted molar refractivity (Wildman–Crippen MR) is 91.5 cm³/mol. The molecule has 4 nitrogen and oxygen atoms in total. The topological polar surface area (TPSA) is 75.6 Å². The lowest BCUT2D eigenvalue weighted by atomic mass is 9.98. The van der Waals surface area contributed by atoms with E-state index >= 15 is 0 Å². The number of nitrogens with zero attached hydrogens (tertiary/aromatic N) is 3. The van der Waals surface area contributed by atoms with E-state index in [9.17, 15) is 5.26 Å². The van der Waals surface area contributed by atoms with Crippen LogP contribution >= 0.6 is 0 Å². The Morgan fingerprint density at radius 2 is 1.83 bits per heavy atom. The Kier molecular flexibility index (Phi) is 3.78. The van der Waals surface area contributed by atoms with Gasteiger partial charge < -0.3 is 5.73 Å². The Balaban J connectivity index is 2.25. The van der Waals surface area contributed by atoms with Crippen LogP contribution in [0.4, 0.5) is 5.82 Å². The van der Waals surface area contributed by atoms with Gasteiger partial charge in [0, 0.05) is 17.3 Å². The molecule has 0 unspecified atom stereocenters. The average Bonchev–Trinajstić information content (AvgIpc) is 2.55. The summed E-state index contributed by atoms with van der Waals surface area (Å²) in [5.41, 5.74) is 11.9. The van der Waals surface area contributed by atoms with Gasteiger partial charge in [0.2, 0.25) is 0 Å². The highest BCUT2D eigenvalue weighted by molar-refractivity contribution is 5.79. The molecule has 112 valence electrons. The zero-order chi connectivity index (χ0) is 16.4. The molecule has 0 saturated heterocycles. The Morgan fingerprint density at radius 3 is 2.48 bits per heavy atom. The van der Waals surface area contributed by atoms with Crippen LogP contribution < -0.4 is 5.73 Å². The third kappa shape index (κ3) is 2.77. The molecular formula is C19H16N4. The molecule has 0 saturated carbocycles. The average molecular weight is 300 g/mol. The van der Waals surface area contributed by atoms with E-state index in [1.54, 1.807) is 6.20 Å². The van der Waals surface area contributed by atoms with Crippen LogP contribution in [0.5, 0.6) is 0 Å². The molecule has 0 aliphatic heterocycles. The molecule has 0 aliphatic rings. The summed E-state index contributed by atoms with van der Waals surface area (Å²) < 4.78 is 0. The number of nitrogen functional groups attached to an aromatic ring is 1. The minimum atomic E-state index is 0.227. The molecule has 23 heavy (non-hydrogen) atoms. The maximum atomic E-state index is 9.42. The summed E-state index contributed by atoms with van der Waals surface area (Å²) in [5, 5.41) is 9.42. The van der Waals surface area contributed by atoms with Gasteiger partial charge in [0.05, 0.1) is 11.4 Å². The molecule has 0 spiro atoms. The Morgan fingerprint density at radius 1 is 1.00 bits per heavy atom. The van der Waals surface area contributed by atoms with Crippen molar-refractivity contribution in [2.45, 2.75) is 13.8 Å². The van der Waals surface area contributed by atoms with Gasteiger partial charge in [-0.05, 0) is 37.6 Å². The van der Waals surface area contributed by atoms with Crippen molar-refractivity contribution in [1.82, 2.24) is 9.97 Å². The van der Waals surface area contributed by atoms with Crippen molar-refractivity contribution in [1.29, 1.82) is 5.26 Å². The molecule has 1 aromatic carbocycles. The van der Waals surface area contributed by atoms with Crippen LogP contribution in [-0.2, 0) is 0 Å². The minimum absolute atomic E-state index is 0.227. The fourth-order valence-corrected chi connectivity index (χ4v) is 2.65. The summed E-state index contributed by atoms with van der Waals surface area (Å²) in [6.45, 7) is 4.09. The highest BCUT2D eigenvalue weighted by atomic mass is 14.9. The van der Waals surface area contributed by atoms with E-state index in [1.165, 1.54) is 5.56 Å². The number of pyridine rings is 2. The first kappa shape index (κ1) is 14.7. The van der Waals surface area contributed by atoms with E-state index in [-0.39, 0.29) is 5.82 Å². The van der Waals surface area contributed by atoms with Gasteiger partial charge >= 0.3 is 0 Å². The van der Waals surface area contributed by atoms with Gasteiger partial charge in [-0.3, -0.25) is 4.98 Å². The van der Waals surface area contributed by atoms with Crippen LogP contribution in [0.3, 0.4) is 0 Å². The van der Waals surface area contributed by atoms with Crippen LogP contribution in [0.2, 0.25) is 0 Å². The molecular weight excluding hydrogens is 284 g/mol. The number of rotatable bonds is 2. The van der Waals surface area contributed by atoms with Crippen molar-refractivity contribution in [3.05, 3.63) is 65.4 Å². The van der Waals surface area contributed by atoms with E-state index < -0.39 is 0 Å². The predicted octanol–water partition coefficient (Wildman–Crippen LogP) is 3.88. The van der Waals surface area contributed by atoms with Crippen LogP contribution in [0.15, 0.2) is 48.7 Å². The Hall–Kier alpha value is -3.19. The third-order valence-electron chi connectivity index (χ3n) is 3.76. The first-order valence-corrected chi connectivity index (χ1v) is 7.30. The van der Waals surface area contributed by atoms with Crippen LogP contribution in [0.25, 0.3) is 22.5 Å². The molecule has 0 fully saturated rings. The van der Waals surface area contributed by atoms with Crippen LogP contribution in [0.1, 0.15) is 16.7 Å². The van der Waals surface area contributed by atoms with Gasteiger partial charge in [0.1, 0.15) is 17.5 Å². The zero-order valence-corrected chi connectivity index (χ0v) is 13.0. The van der Waals surface area contributed by atoms with E-state index in [4.69, 9.17) is 5.73 Å². The summed E-state index contributed by atoms with van der Waals surface area (Å²) >= 11 is 0. The highest BCUT2D eigenvalue weighted by Gasteiger charge is 2.15. The minimum Gasteiger partial charge on any atom is -0.383 e. The first-order valence-electron chi connectivity index (χ1n) is 7.30. The fraction of sp³-hybridized carbons (Fsp3) is 0.105. The van der Waals surface area contributed by atoms with Gasteiger partial charge in [-0.15, -0.1) is 0 Å². The lowest BCUT2D eigenvalue weighted by molar-refractivity contribution is 1.26. The Bertz CT molecular complexity index is 909. The molecule has 2 heterocycles. The fourth-order valence-electron chi connectivity index (χ4n) is 2.65. The van der Waals surface area contributed by atoms with E-state index in [2.05, 4.69) is 29.0 Å².